The van der Waals surface area contributed by atoms with Crippen LogP contribution in [-0.2, 0) is 4.74 Å². The van der Waals surface area contributed by atoms with E-state index < -0.39 is 0 Å². The van der Waals surface area contributed by atoms with Crippen LogP contribution < -0.4 is 20.9 Å². The van der Waals surface area contributed by atoms with Gasteiger partial charge in [0.15, 0.2) is 0 Å². The zero-order chi connectivity index (χ0) is 23.0. The van der Waals surface area contributed by atoms with E-state index >= 15 is 0 Å². The Kier molecular flexibility index (Phi) is 8.95. The maximum atomic E-state index is 13.6. The number of nitrogens with one attached hydrogen (secondary N) is 2. The number of allylic oxidation sites excluding steroid dienone is 2. The molecule has 0 bridgehead atoms. The number of piperidine rings is 1. The largest absolute Gasteiger partial charge is 0.405 e. The van der Waals surface area contributed by atoms with Gasteiger partial charge in [0, 0.05) is 43.2 Å². The van der Waals surface area contributed by atoms with Crippen LogP contribution in [-0.4, -0.2) is 42.8 Å². The van der Waals surface area contributed by atoms with Gasteiger partial charge >= 0.3 is 0 Å². The molecule has 2 saturated carbocycles. The minimum atomic E-state index is -0.143. The van der Waals surface area contributed by atoms with E-state index in [1.807, 2.05) is 18.2 Å². The summed E-state index contributed by atoms with van der Waals surface area (Å²) in [6, 6.07) is 8.10. The molecule has 6 N–H and O–H groups in total. The van der Waals surface area contributed by atoms with E-state index in [9.17, 15) is 4.39 Å². The molecule has 4 rings (SSSR count). The summed E-state index contributed by atoms with van der Waals surface area (Å²) in [6.45, 7) is 2.49. The first kappa shape index (κ1) is 24.4. The highest BCUT2D eigenvalue weighted by Crippen LogP contribution is 2.35. The second kappa shape index (κ2) is 12.1. The molecule has 1 heterocycles. The van der Waals surface area contributed by atoms with E-state index in [-0.39, 0.29) is 11.9 Å². The molecular formula is C25H38FN5OS. The molecular weight excluding hydrogens is 437 g/mol. The summed E-state index contributed by atoms with van der Waals surface area (Å²) in [5.41, 5.74) is 12.9. The Bertz CT molecular complexity index is 810. The van der Waals surface area contributed by atoms with Crippen molar-refractivity contribution in [1.82, 2.24) is 14.3 Å². The van der Waals surface area contributed by atoms with E-state index in [1.54, 1.807) is 24.3 Å². The molecule has 1 aromatic rings. The standard InChI is InChI=1S/C25H38FN5OS/c26-21-4-1-3-19(15-21)18-6-10-23(11-7-18)32-17-20-16-31(25(28)5-2-13-27)14-12-24(20)30-33-29-22-8-9-22/h1-5,13,15,18,20,22-24,29-30H,6-12,14,16-17,27-28H2/b13-2-,25-5+/t18-,20?,23+,24?. The smallest absolute Gasteiger partial charge is 0.123 e. The van der Waals surface area contributed by atoms with Gasteiger partial charge in [0.1, 0.15) is 5.82 Å². The highest BCUT2D eigenvalue weighted by molar-refractivity contribution is 7.95. The molecule has 3 fully saturated rings. The van der Waals surface area contributed by atoms with Crippen molar-refractivity contribution in [1.29, 1.82) is 0 Å². The molecule has 2 unspecified atom stereocenters. The third-order valence-electron chi connectivity index (χ3n) is 7.03. The van der Waals surface area contributed by atoms with Crippen LogP contribution in [0, 0.1) is 11.7 Å². The average molecular weight is 476 g/mol. The maximum absolute atomic E-state index is 13.6. The fraction of sp³-hybridized carbons (Fsp3) is 0.600. The minimum Gasteiger partial charge on any atom is -0.405 e. The maximum Gasteiger partial charge on any atom is 0.123 e. The Morgan fingerprint density at radius 1 is 1.15 bits per heavy atom. The molecule has 6 nitrogen and oxygen atoms in total. The fourth-order valence-electron chi connectivity index (χ4n) is 4.83. The molecule has 0 amide bonds. The summed E-state index contributed by atoms with van der Waals surface area (Å²) in [4.78, 5) is 2.23. The number of nitrogens with two attached hydrogens (primary N) is 2. The van der Waals surface area contributed by atoms with Crippen molar-refractivity contribution in [3.8, 4) is 0 Å². The number of benzene rings is 1. The van der Waals surface area contributed by atoms with Gasteiger partial charge in [-0.05, 0) is 86.9 Å². The van der Waals surface area contributed by atoms with Crippen molar-refractivity contribution < 1.29 is 9.13 Å². The SMILES string of the molecule is N/C=C\C=C(/N)N1CCC(NSNC2CC2)C(CO[C@H]2CC[C@@H](c3cccc(F)c3)CC2)C1. The van der Waals surface area contributed by atoms with Gasteiger partial charge in [-0.15, -0.1) is 0 Å². The van der Waals surface area contributed by atoms with Gasteiger partial charge < -0.3 is 21.1 Å². The van der Waals surface area contributed by atoms with Gasteiger partial charge in [-0.3, -0.25) is 0 Å². The molecule has 2 aliphatic carbocycles. The lowest BCUT2D eigenvalue weighted by atomic mass is 9.82. The Labute approximate surface area is 201 Å². The Morgan fingerprint density at radius 3 is 2.70 bits per heavy atom. The Balaban J connectivity index is 1.28. The number of ether oxygens (including phenoxy) is 1. The number of rotatable bonds is 10. The van der Waals surface area contributed by atoms with Gasteiger partial charge in [0.25, 0.3) is 0 Å². The zero-order valence-corrected chi connectivity index (χ0v) is 20.1. The summed E-state index contributed by atoms with van der Waals surface area (Å²) in [5.74, 6) is 1.39. The quantitative estimate of drug-likeness (QED) is 0.303. The molecule has 1 aromatic carbocycles. The number of hydrogen-bond donors (Lipinski definition) is 4. The number of likely N-dealkylation sites (tertiary alicyclic amines) is 1. The van der Waals surface area contributed by atoms with E-state index in [1.165, 1.54) is 25.1 Å². The Morgan fingerprint density at radius 2 is 1.97 bits per heavy atom. The highest BCUT2D eigenvalue weighted by Gasteiger charge is 2.32. The van der Waals surface area contributed by atoms with Crippen molar-refractivity contribution in [3.63, 3.8) is 0 Å². The van der Waals surface area contributed by atoms with E-state index in [4.69, 9.17) is 16.2 Å². The van der Waals surface area contributed by atoms with Crippen molar-refractivity contribution in [3.05, 3.63) is 59.8 Å². The molecule has 0 radical (unpaired) electrons. The second-order valence-corrected chi connectivity index (χ2v) is 10.2. The summed E-state index contributed by atoms with van der Waals surface area (Å²) in [6.07, 6.45) is 13.1. The molecule has 1 aliphatic heterocycles. The van der Waals surface area contributed by atoms with Crippen LogP contribution in [0.25, 0.3) is 0 Å². The summed E-state index contributed by atoms with van der Waals surface area (Å²) in [5, 5.41) is 0. The van der Waals surface area contributed by atoms with Crippen LogP contribution in [0.5, 0.6) is 0 Å². The van der Waals surface area contributed by atoms with Gasteiger partial charge in [-0.25, -0.2) is 13.8 Å². The van der Waals surface area contributed by atoms with Gasteiger partial charge in [0.2, 0.25) is 0 Å². The Hall–Kier alpha value is -1.74. The van der Waals surface area contributed by atoms with Crippen molar-refractivity contribution in [2.45, 2.75) is 69.1 Å². The molecule has 33 heavy (non-hydrogen) atoms. The highest BCUT2D eigenvalue weighted by atomic mass is 32.2. The van der Waals surface area contributed by atoms with Crippen molar-refractivity contribution in [2.24, 2.45) is 17.4 Å². The lowest BCUT2D eigenvalue weighted by Crippen LogP contribution is -2.50. The lowest BCUT2D eigenvalue weighted by molar-refractivity contribution is -0.0134. The third-order valence-corrected chi connectivity index (χ3v) is 7.90. The number of halogens is 1. The third kappa shape index (κ3) is 7.37. The van der Waals surface area contributed by atoms with Gasteiger partial charge in [0.05, 0.1) is 18.5 Å². The average Bonchev–Trinajstić information content (AvgIpc) is 3.66. The normalized spacial score (nSPS) is 29.0. The van der Waals surface area contributed by atoms with Crippen LogP contribution >= 0.6 is 12.1 Å². The first-order valence-corrected chi connectivity index (χ1v) is 13.1. The monoisotopic (exact) mass is 475 g/mol. The van der Waals surface area contributed by atoms with E-state index in [2.05, 4.69) is 14.3 Å². The fourth-order valence-corrected chi connectivity index (χ4v) is 5.76. The lowest BCUT2D eigenvalue weighted by Gasteiger charge is -2.40. The predicted octanol–water partition coefficient (Wildman–Crippen LogP) is 3.74. The molecule has 182 valence electrons. The molecule has 2 atom stereocenters. The van der Waals surface area contributed by atoms with Crippen LogP contribution in [0.3, 0.4) is 0 Å². The molecule has 8 heteroatoms. The molecule has 1 saturated heterocycles. The summed E-state index contributed by atoms with van der Waals surface area (Å²) >= 11 is 1.64. The molecule has 3 aliphatic rings. The topological polar surface area (TPSA) is 88.6 Å². The predicted molar refractivity (Wildman–Crippen MR) is 133 cm³/mol. The first-order chi connectivity index (χ1) is 16.1. The van der Waals surface area contributed by atoms with Crippen LogP contribution in [0.2, 0.25) is 0 Å². The summed E-state index contributed by atoms with van der Waals surface area (Å²) in [7, 11) is 0. The van der Waals surface area contributed by atoms with Crippen molar-refractivity contribution in [2.75, 3.05) is 19.7 Å². The number of hydrogen-bond acceptors (Lipinski definition) is 7. The van der Waals surface area contributed by atoms with E-state index in [0.29, 0.717) is 30.5 Å². The first-order valence-electron chi connectivity index (χ1n) is 12.2. The van der Waals surface area contributed by atoms with Crippen LogP contribution in [0.1, 0.15) is 56.4 Å². The number of nitrogens with zero attached hydrogens (tertiary/aromatic N) is 1. The summed E-state index contributed by atoms with van der Waals surface area (Å²) < 4.78 is 27.2. The molecule has 0 spiro atoms. The van der Waals surface area contributed by atoms with Crippen LogP contribution in [0.15, 0.2) is 48.4 Å². The van der Waals surface area contributed by atoms with Gasteiger partial charge in [-0.1, -0.05) is 12.1 Å². The van der Waals surface area contributed by atoms with Crippen molar-refractivity contribution >= 4 is 12.1 Å². The second-order valence-electron chi connectivity index (χ2n) is 9.55. The van der Waals surface area contributed by atoms with Crippen LogP contribution in [0.4, 0.5) is 4.39 Å². The van der Waals surface area contributed by atoms with Gasteiger partial charge in [-0.2, -0.15) is 0 Å². The molecule has 0 aromatic heterocycles. The zero-order valence-electron chi connectivity index (χ0n) is 19.3. The minimum absolute atomic E-state index is 0.143. The van der Waals surface area contributed by atoms with E-state index in [0.717, 1.165) is 56.6 Å².